The minimum atomic E-state index is -1.90. The molecule has 0 amide bonds. The molecule has 12 heteroatoms. The van der Waals surface area contributed by atoms with E-state index in [2.05, 4.69) is 13.2 Å². The van der Waals surface area contributed by atoms with Gasteiger partial charge in [0.2, 0.25) is 0 Å². The van der Waals surface area contributed by atoms with Crippen molar-refractivity contribution in [3.8, 4) is 0 Å². The molecule has 7 heterocycles. The molecule has 0 aliphatic carbocycles. The van der Waals surface area contributed by atoms with Crippen LogP contribution in [0.15, 0.2) is 68.6 Å². The first-order valence-electron chi connectivity index (χ1n) is 17.7. The molecule has 1 saturated heterocycles. The van der Waals surface area contributed by atoms with Crippen LogP contribution in [0.25, 0.3) is 0 Å². The highest BCUT2D eigenvalue weighted by atomic mass is 16.6. The molecule has 2 N–H and O–H groups in total. The fourth-order valence-corrected chi connectivity index (χ4v) is 7.94. The molecule has 0 saturated carbocycles. The maximum atomic E-state index is 14.4. The quantitative estimate of drug-likeness (QED) is 0.147. The Bertz CT molecular complexity index is 1940. The zero-order valence-electron chi connectivity index (χ0n) is 29.8. The van der Waals surface area contributed by atoms with Crippen molar-refractivity contribution < 1.29 is 57.2 Å². The van der Waals surface area contributed by atoms with Crippen molar-refractivity contribution in [2.24, 2.45) is 11.8 Å². The molecule has 276 valence electrons. The van der Waals surface area contributed by atoms with E-state index in [0.29, 0.717) is 54.8 Å². The average Bonchev–Trinajstić information content (AvgIpc) is 3.51. The zero-order chi connectivity index (χ0) is 37.3. The van der Waals surface area contributed by atoms with Crippen molar-refractivity contribution in [2.75, 3.05) is 0 Å². The number of furan rings is 2. The summed E-state index contributed by atoms with van der Waals surface area (Å²) in [6.45, 7) is 15.3. The Labute approximate surface area is 301 Å². The molecular formula is C40H44O12. The maximum Gasteiger partial charge on any atom is 0.342 e. The van der Waals surface area contributed by atoms with Gasteiger partial charge in [-0.2, -0.15) is 0 Å². The van der Waals surface area contributed by atoms with Gasteiger partial charge in [0.25, 0.3) is 0 Å². The van der Waals surface area contributed by atoms with Crippen LogP contribution < -0.4 is 0 Å². The maximum absolute atomic E-state index is 14.4. The Hall–Kier alpha value is -4.68. The predicted molar refractivity (Wildman–Crippen MR) is 183 cm³/mol. The van der Waals surface area contributed by atoms with Gasteiger partial charge in [0.05, 0.1) is 0 Å². The number of hydrogen-bond donors (Lipinski definition) is 2. The van der Waals surface area contributed by atoms with Crippen molar-refractivity contribution in [2.45, 2.75) is 115 Å². The van der Waals surface area contributed by atoms with Gasteiger partial charge < -0.3 is 38.0 Å². The Kier molecular flexibility index (Phi) is 8.98. The van der Waals surface area contributed by atoms with Crippen LogP contribution in [0.5, 0.6) is 0 Å². The van der Waals surface area contributed by atoms with E-state index in [1.165, 1.54) is 13.0 Å². The van der Waals surface area contributed by atoms with Crippen molar-refractivity contribution >= 4 is 23.9 Å². The molecule has 0 unspecified atom stereocenters. The Morgan fingerprint density at radius 3 is 1.90 bits per heavy atom. The molecule has 0 spiro atoms. The third-order valence-electron chi connectivity index (χ3n) is 11.1. The molecule has 8 atom stereocenters. The monoisotopic (exact) mass is 716 g/mol. The highest BCUT2D eigenvalue weighted by Crippen LogP contribution is 2.54. The lowest BCUT2D eigenvalue weighted by atomic mass is 9.87. The highest BCUT2D eigenvalue weighted by molar-refractivity contribution is 5.92. The second-order valence-electron chi connectivity index (χ2n) is 15.5. The van der Waals surface area contributed by atoms with Gasteiger partial charge in [-0.1, -0.05) is 24.3 Å². The normalized spacial score (nSPS) is 32.8. The van der Waals surface area contributed by atoms with Crippen molar-refractivity contribution in [1.29, 1.82) is 0 Å². The number of epoxide rings is 1. The summed E-state index contributed by atoms with van der Waals surface area (Å²) >= 11 is 0. The molecule has 12 nitrogen and oxygen atoms in total. The Balaban J connectivity index is 1.26. The summed E-state index contributed by atoms with van der Waals surface area (Å²) in [5.41, 5.74) is 0.0236. The summed E-state index contributed by atoms with van der Waals surface area (Å²) in [5.74, 6) is -2.54. The van der Waals surface area contributed by atoms with Gasteiger partial charge in [-0.15, -0.1) is 0 Å². The number of rotatable bonds is 5. The summed E-state index contributed by atoms with van der Waals surface area (Å²) < 4.78 is 36.0. The molecule has 1 fully saturated rings. The van der Waals surface area contributed by atoms with Crippen LogP contribution in [0.3, 0.4) is 0 Å². The lowest BCUT2D eigenvalue weighted by molar-refractivity contribution is -0.145. The summed E-state index contributed by atoms with van der Waals surface area (Å²) in [7, 11) is 0. The average molecular weight is 717 g/mol. The standard InChI is InChI=1S/C40H44O12/c1-19(2)21-7-9-23-11-25(47-36(23)43)17-39(5,46)33(31-15-27(35(41)42)29(13-21)49-31)51-38(45)28-16-32-34-40(6,52-34)18-26-12-24(37(44)48-26)10-8-22(20(3)4)14-30(28)50-32/h11-12,15-16,21-22,25-26,33-34,46H,1,3,7-10,13-14,17-18H2,2,4-6H3,(H,41,42)/t21-,22-,25+,26-,33+,34-,39+,40-/m0/s1. The van der Waals surface area contributed by atoms with E-state index < -0.39 is 53.5 Å². The minimum Gasteiger partial charge on any atom is -0.478 e. The summed E-state index contributed by atoms with van der Waals surface area (Å²) in [6.07, 6.45) is 2.75. The van der Waals surface area contributed by atoms with Crippen LogP contribution in [0.1, 0.15) is 122 Å². The number of carbonyl (C=O) groups is 4. The zero-order valence-corrected chi connectivity index (χ0v) is 29.8. The number of esters is 3. The van der Waals surface area contributed by atoms with Gasteiger partial charge in [-0.05, 0) is 89.5 Å². The van der Waals surface area contributed by atoms with E-state index in [1.54, 1.807) is 12.1 Å². The molecular weight excluding hydrogens is 672 g/mol. The van der Waals surface area contributed by atoms with E-state index in [4.69, 9.17) is 27.8 Å². The first-order valence-corrected chi connectivity index (χ1v) is 17.7. The molecule has 2 aromatic rings. The first kappa shape index (κ1) is 35.7. The second kappa shape index (κ2) is 13.1. The van der Waals surface area contributed by atoms with E-state index in [0.717, 1.165) is 11.1 Å². The summed E-state index contributed by atoms with van der Waals surface area (Å²) in [6, 6.07) is 2.85. The number of hydrogen-bond acceptors (Lipinski definition) is 11. The highest BCUT2D eigenvalue weighted by Gasteiger charge is 2.57. The van der Waals surface area contributed by atoms with Crippen LogP contribution in [0.2, 0.25) is 0 Å². The predicted octanol–water partition coefficient (Wildman–Crippen LogP) is 6.59. The number of carboxylic acid groups (broad SMARTS) is 1. The van der Waals surface area contributed by atoms with Crippen LogP contribution in [-0.2, 0) is 41.4 Å². The molecule has 5 aliphatic rings. The van der Waals surface area contributed by atoms with Gasteiger partial charge in [0.1, 0.15) is 63.7 Å². The Morgan fingerprint density at radius 1 is 0.827 bits per heavy atom. The third kappa shape index (κ3) is 6.81. The molecule has 7 rings (SSSR count). The minimum absolute atomic E-state index is 0.0715. The van der Waals surface area contributed by atoms with Crippen molar-refractivity contribution in [1.82, 2.24) is 0 Å². The molecule has 52 heavy (non-hydrogen) atoms. The Morgan fingerprint density at radius 2 is 1.35 bits per heavy atom. The third-order valence-corrected chi connectivity index (χ3v) is 11.1. The van der Waals surface area contributed by atoms with Gasteiger partial charge in [0, 0.05) is 36.8 Å². The number of ether oxygens (including phenoxy) is 4. The number of aliphatic hydroxyl groups is 1. The molecule has 5 aliphatic heterocycles. The molecule has 8 bridgehead atoms. The van der Waals surface area contributed by atoms with Gasteiger partial charge >= 0.3 is 23.9 Å². The summed E-state index contributed by atoms with van der Waals surface area (Å²) in [5, 5.41) is 22.2. The molecule has 2 aromatic heterocycles. The lowest BCUT2D eigenvalue weighted by Gasteiger charge is -2.32. The SMILES string of the molecule is C=C(C)[C@H]1CCC2=C[C@H](C[C@@](C)(O)[C@H](OC(=O)c3cc4oc3C[C@@H](C(=C)C)CCC3=C[C@@H](C[C@]5(C)O[C@@H]45)OC3=O)c3cc(C(=O)O)c(o3)C1)OC2=O. The second-order valence-corrected chi connectivity index (χ2v) is 15.5. The van der Waals surface area contributed by atoms with Crippen molar-refractivity contribution in [3.05, 3.63) is 93.9 Å². The first-order chi connectivity index (χ1) is 24.5. The van der Waals surface area contributed by atoms with Crippen LogP contribution in [0.4, 0.5) is 0 Å². The number of carbonyl (C=O) groups excluding carboxylic acids is 3. The van der Waals surface area contributed by atoms with E-state index in [1.807, 2.05) is 26.8 Å². The van der Waals surface area contributed by atoms with Gasteiger partial charge in [-0.3, -0.25) is 0 Å². The van der Waals surface area contributed by atoms with E-state index >= 15 is 0 Å². The topological polar surface area (TPSA) is 175 Å². The largest absolute Gasteiger partial charge is 0.478 e. The van der Waals surface area contributed by atoms with Crippen LogP contribution in [-0.4, -0.2) is 57.5 Å². The van der Waals surface area contributed by atoms with E-state index in [-0.39, 0.29) is 59.7 Å². The van der Waals surface area contributed by atoms with E-state index in [9.17, 15) is 29.4 Å². The number of allylic oxidation sites excluding steroid dienone is 2. The van der Waals surface area contributed by atoms with Crippen molar-refractivity contribution in [3.63, 3.8) is 0 Å². The number of fused-ring (bicyclic) bond motifs is 8. The molecule has 0 aromatic carbocycles. The number of carboxylic acids is 1. The molecule has 0 radical (unpaired) electrons. The van der Waals surface area contributed by atoms with Gasteiger partial charge in [0.15, 0.2) is 6.10 Å². The lowest BCUT2D eigenvalue weighted by Crippen LogP contribution is -2.39. The van der Waals surface area contributed by atoms with Crippen LogP contribution >= 0.6 is 0 Å². The fourth-order valence-electron chi connectivity index (χ4n) is 7.94. The van der Waals surface area contributed by atoms with Gasteiger partial charge in [-0.25, -0.2) is 19.2 Å². The smallest absolute Gasteiger partial charge is 0.342 e. The summed E-state index contributed by atoms with van der Waals surface area (Å²) in [4.78, 5) is 52.3. The van der Waals surface area contributed by atoms with Crippen LogP contribution in [0, 0.1) is 11.8 Å². The fraction of sp³-hybridized carbons (Fsp3) is 0.500. The number of aromatic carboxylic acids is 1.